The van der Waals surface area contributed by atoms with Gasteiger partial charge in [0.2, 0.25) is 15.9 Å². The molecule has 1 atom stereocenters. The van der Waals surface area contributed by atoms with Gasteiger partial charge < -0.3 is 10.1 Å². The number of hydrogen-bond acceptors (Lipinski definition) is 5. The average molecular weight is 413 g/mol. The van der Waals surface area contributed by atoms with Crippen molar-refractivity contribution >= 4 is 21.6 Å². The van der Waals surface area contributed by atoms with Crippen LogP contribution in [0.2, 0.25) is 0 Å². The monoisotopic (exact) mass is 413 g/mol. The standard InChI is InChI=1S/C21H23N3O4S/c1-15-8-9-19(28-2)20(11-15)29(26,27)24-10-4-6-17(14-24)21(25)23-18-7-3-5-16(12-18)13-22/h3,5,7-9,11-12,17H,4,6,10,14H2,1-2H3,(H,23,25)/t17-/m0/s1. The summed E-state index contributed by atoms with van der Waals surface area (Å²) in [5, 5.41) is 11.8. The zero-order chi connectivity index (χ0) is 21.0. The van der Waals surface area contributed by atoms with Gasteiger partial charge in [-0.1, -0.05) is 12.1 Å². The number of sulfonamides is 1. The lowest BCUT2D eigenvalue weighted by Crippen LogP contribution is -2.43. The van der Waals surface area contributed by atoms with Gasteiger partial charge in [-0.2, -0.15) is 9.57 Å². The number of benzene rings is 2. The first-order valence-corrected chi connectivity index (χ1v) is 10.7. The van der Waals surface area contributed by atoms with Crippen LogP contribution in [0.15, 0.2) is 47.4 Å². The van der Waals surface area contributed by atoms with Crippen molar-refractivity contribution in [3.8, 4) is 11.8 Å². The van der Waals surface area contributed by atoms with E-state index in [2.05, 4.69) is 5.32 Å². The van der Waals surface area contributed by atoms with E-state index in [1.54, 1.807) is 42.5 Å². The summed E-state index contributed by atoms with van der Waals surface area (Å²) in [6, 6.07) is 13.7. The van der Waals surface area contributed by atoms with Crippen molar-refractivity contribution in [2.45, 2.75) is 24.7 Å². The molecule has 152 valence electrons. The Kier molecular flexibility index (Phi) is 6.20. The fourth-order valence-corrected chi connectivity index (χ4v) is 5.17. The van der Waals surface area contributed by atoms with Gasteiger partial charge in [0.1, 0.15) is 10.6 Å². The molecule has 0 aromatic heterocycles. The molecule has 0 bridgehead atoms. The van der Waals surface area contributed by atoms with Crippen LogP contribution in [0.1, 0.15) is 24.0 Å². The number of methoxy groups -OCH3 is 1. The van der Waals surface area contributed by atoms with Gasteiger partial charge in [0.25, 0.3) is 0 Å². The summed E-state index contributed by atoms with van der Waals surface area (Å²) in [6.45, 7) is 2.27. The van der Waals surface area contributed by atoms with Gasteiger partial charge in [-0.25, -0.2) is 8.42 Å². The van der Waals surface area contributed by atoms with Crippen LogP contribution < -0.4 is 10.1 Å². The second-order valence-corrected chi connectivity index (χ2v) is 8.94. The smallest absolute Gasteiger partial charge is 0.246 e. The number of anilines is 1. The molecule has 0 radical (unpaired) electrons. The molecule has 1 saturated heterocycles. The molecule has 0 spiro atoms. The Bertz CT molecular complexity index is 1060. The molecule has 3 rings (SSSR count). The lowest BCUT2D eigenvalue weighted by molar-refractivity contribution is -0.120. The second kappa shape index (κ2) is 8.64. The molecule has 1 fully saturated rings. The minimum absolute atomic E-state index is 0.100. The topological polar surface area (TPSA) is 99.5 Å². The summed E-state index contributed by atoms with van der Waals surface area (Å²) in [6.07, 6.45) is 1.18. The Balaban J connectivity index is 1.78. The number of carbonyl (C=O) groups excluding carboxylic acids is 1. The van der Waals surface area contributed by atoms with Crippen LogP contribution in [-0.2, 0) is 14.8 Å². The maximum Gasteiger partial charge on any atom is 0.246 e. The van der Waals surface area contributed by atoms with Crippen LogP contribution in [0, 0.1) is 24.2 Å². The van der Waals surface area contributed by atoms with Crippen molar-refractivity contribution in [3.63, 3.8) is 0 Å². The van der Waals surface area contributed by atoms with Gasteiger partial charge in [-0.05, 0) is 55.7 Å². The van der Waals surface area contributed by atoms with Gasteiger partial charge in [0.15, 0.2) is 0 Å². The molecular weight excluding hydrogens is 390 g/mol. The van der Waals surface area contributed by atoms with E-state index in [1.165, 1.54) is 11.4 Å². The number of piperidine rings is 1. The van der Waals surface area contributed by atoms with Crippen LogP contribution in [-0.4, -0.2) is 38.8 Å². The predicted octanol–water partition coefficient (Wildman–Crippen LogP) is 2.91. The minimum Gasteiger partial charge on any atom is -0.495 e. The molecule has 7 nitrogen and oxygen atoms in total. The lowest BCUT2D eigenvalue weighted by Gasteiger charge is -2.31. The number of rotatable bonds is 5. The van der Waals surface area contributed by atoms with Crippen molar-refractivity contribution < 1.29 is 17.9 Å². The summed E-state index contributed by atoms with van der Waals surface area (Å²) < 4.78 is 33.0. The summed E-state index contributed by atoms with van der Waals surface area (Å²) in [5.41, 5.74) is 1.78. The van der Waals surface area contributed by atoms with Crippen molar-refractivity contribution in [1.82, 2.24) is 4.31 Å². The van der Waals surface area contributed by atoms with E-state index < -0.39 is 15.9 Å². The molecule has 8 heteroatoms. The number of nitrogens with one attached hydrogen (secondary N) is 1. The third-order valence-corrected chi connectivity index (χ3v) is 6.84. The van der Waals surface area contributed by atoms with E-state index in [0.717, 1.165) is 5.56 Å². The van der Waals surface area contributed by atoms with Crippen LogP contribution in [0.3, 0.4) is 0 Å². The van der Waals surface area contributed by atoms with Gasteiger partial charge in [0, 0.05) is 18.8 Å². The number of amides is 1. The normalized spacial score (nSPS) is 17.3. The maximum absolute atomic E-state index is 13.2. The fourth-order valence-electron chi connectivity index (χ4n) is 3.41. The van der Waals surface area contributed by atoms with Gasteiger partial charge in [-0.3, -0.25) is 4.79 Å². The fraction of sp³-hybridized carbons (Fsp3) is 0.333. The minimum atomic E-state index is -3.79. The Morgan fingerprint density at radius 2 is 2.07 bits per heavy atom. The van der Waals surface area contributed by atoms with Crippen LogP contribution >= 0.6 is 0 Å². The Morgan fingerprint density at radius 1 is 1.28 bits per heavy atom. The summed E-state index contributed by atoms with van der Waals surface area (Å²) in [5.74, 6) is -0.438. The highest BCUT2D eigenvalue weighted by molar-refractivity contribution is 7.89. The Labute approximate surface area is 171 Å². The van der Waals surface area contributed by atoms with E-state index in [0.29, 0.717) is 30.6 Å². The van der Waals surface area contributed by atoms with Gasteiger partial charge in [-0.15, -0.1) is 0 Å². The molecule has 29 heavy (non-hydrogen) atoms. The van der Waals surface area contributed by atoms with Crippen LogP contribution in [0.25, 0.3) is 0 Å². The van der Waals surface area contributed by atoms with Crippen molar-refractivity contribution in [2.24, 2.45) is 5.92 Å². The predicted molar refractivity (Wildman–Crippen MR) is 109 cm³/mol. The molecule has 1 heterocycles. The Hall–Kier alpha value is -2.89. The zero-order valence-corrected chi connectivity index (χ0v) is 17.2. The highest BCUT2D eigenvalue weighted by Crippen LogP contribution is 2.31. The molecule has 2 aromatic carbocycles. The molecule has 1 amide bonds. The maximum atomic E-state index is 13.2. The first-order chi connectivity index (χ1) is 13.8. The van der Waals surface area contributed by atoms with E-state index in [9.17, 15) is 13.2 Å². The number of aryl methyl sites for hydroxylation is 1. The second-order valence-electron chi connectivity index (χ2n) is 7.04. The highest BCUT2D eigenvalue weighted by atomic mass is 32.2. The van der Waals surface area contributed by atoms with Gasteiger partial charge in [0.05, 0.1) is 24.7 Å². The molecule has 1 N–H and O–H groups in total. The first kappa shape index (κ1) is 20.8. The third kappa shape index (κ3) is 4.58. The van der Waals surface area contributed by atoms with Crippen molar-refractivity contribution in [1.29, 1.82) is 5.26 Å². The number of nitrogens with zero attached hydrogens (tertiary/aromatic N) is 2. The van der Waals surface area contributed by atoms with E-state index >= 15 is 0 Å². The number of ether oxygens (including phenoxy) is 1. The molecule has 1 aliphatic heterocycles. The molecular formula is C21H23N3O4S. The largest absolute Gasteiger partial charge is 0.495 e. The van der Waals surface area contributed by atoms with Crippen LogP contribution in [0.4, 0.5) is 5.69 Å². The lowest BCUT2D eigenvalue weighted by atomic mass is 9.98. The van der Waals surface area contributed by atoms with E-state index in [4.69, 9.17) is 10.00 Å². The first-order valence-electron chi connectivity index (χ1n) is 9.31. The highest BCUT2D eigenvalue weighted by Gasteiger charge is 2.35. The van der Waals surface area contributed by atoms with E-state index in [1.807, 2.05) is 13.0 Å². The molecule has 0 unspecified atom stereocenters. The summed E-state index contributed by atoms with van der Waals surface area (Å²) in [4.78, 5) is 12.8. The quantitative estimate of drug-likeness (QED) is 0.812. The van der Waals surface area contributed by atoms with Crippen molar-refractivity contribution in [3.05, 3.63) is 53.6 Å². The molecule has 1 aliphatic rings. The average Bonchev–Trinajstić information content (AvgIpc) is 2.74. The number of hydrogen-bond donors (Lipinski definition) is 1. The third-order valence-electron chi connectivity index (χ3n) is 4.95. The molecule has 0 aliphatic carbocycles. The molecule has 0 saturated carbocycles. The summed E-state index contributed by atoms with van der Waals surface area (Å²) in [7, 11) is -2.36. The number of nitriles is 1. The van der Waals surface area contributed by atoms with Crippen LogP contribution in [0.5, 0.6) is 5.75 Å². The Morgan fingerprint density at radius 3 is 2.79 bits per heavy atom. The van der Waals surface area contributed by atoms with Gasteiger partial charge >= 0.3 is 0 Å². The summed E-state index contributed by atoms with van der Waals surface area (Å²) >= 11 is 0. The van der Waals surface area contributed by atoms with Crippen molar-refractivity contribution in [2.75, 3.05) is 25.5 Å². The zero-order valence-electron chi connectivity index (χ0n) is 16.4. The SMILES string of the molecule is COc1ccc(C)cc1S(=O)(=O)N1CCC[C@H](C(=O)Nc2cccc(C#N)c2)C1. The van der Waals surface area contributed by atoms with E-state index in [-0.39, 0.29) is 23.1 Å². The molecule has 2 aromatic rings. The number of carbonyl (C=O) groups is 1.